The monoisotopic (exact) mass is 266 g/mol. The normalized spacial score (nSPS) is 15.0. The van der Waals surface area contributed by atoms with Crippen molar-refractivity contribution in [3.63, 3.8) is 0 Å². The summed E-state index contributed by atoms with van der Waals surface area (Å²) < 4.78 is 0. The Balaban J connectivity index is 1.88. The van der Waals surface area contributed by atoms with Gasteiger partial charge in [-0.25, -0.2) is 0 Å². The van der Waals surface area contributed by atoms with Gasteiger partial charge in [0.05, 0.1) is 4.88 Å². The van der Waals surface area contributed by atoms with Gasteiger partial charge in [-0.1, -0.05) is 13.3 Å². The zero-order valence-electron chi connectivity index (χ0n) is 10.7. The fraction of sp³-hybridized carbons (Fsp3) is 0.538. The predicted octanol–water partition coefficient (Wildman–Crippen LogP) is 2.18. The van der Waals surface area contributed by atoms with Crippen molar-refractivity contribution in [2.75, 3.05) is 0 Å². The smallest absolute Gasteiger partial charge is 0.273 e. The minimum absolute atomic E-state index is 0.0707. The Morgan fingerprint density at radius 3 is 2.61 bits per heavy atom. The fourth-order valence-electron chi connectivity index (χ4n) is 1.94. The molecule has 0 unspecified atom stereocenters. The van der Waals surface area contributed by atoms with E-state index in [1.165, 1.54) is 16.2 Å². The minimum Gasteiger partial charge on any atom is -0.273 e. The largest absolute Gasteiger partial charge is 0.279 e. The van der Waals surface area contributed by atoms with Gasteiger partial charge in [0.2, 0.25) is 5.91 Å². The molecule has 2 N–H and O–H groups in total. The molecule has 0 bridgehead atoms. The van der Waals surface area contributed by atoms with Crippen molar-refractivity contribution < 1.29 is 9.59 Å². The maximum absolute atomic E-state index is 11.8. The Morgan fingerprint density at radius 1 is 1.39 bits per heavy atom. The first-order chi connectivity index (χ1) is 8.61. The lowest BCUT2D eigenvalue weighted by atomic mass is 9.85. The quantitative estimate of drug-likeness (QED) is 0.824. The van der Waals surface area contributed by atoms with Gasteiger partial charge >= 0.3 is 0 Å². The van der Waals surface area contributed by atoms with Gasteiger partial charge < -0.3 is 0 Å². The van der Waals surface area contributed by atoms with Crippen LogP contribution >= 0.6 is 11.3 Å². The number of aryl methyl sites for hydroxylation is 2. The van der Waals surface area contributed by atoms with Crippen LogP contribution in [0.1, 0.15) is 46.3 Å². The summed E-state index contributed by atoms with van der Waals surface area (Å²) in [5, 5.41) is 0. The molecule has 1 aliphatic rings. The molecule has 0 spiro atoms. The summed E-state index contributed by atoms with van der Waals surface area (Å²) >= 11 is 1.48. The van der Waals surface area contributed by atoms with Crippen LogP contribution in [0.2, 0.25) is 0 Å². The van der Waals surface area contributed by atoms with Gasteiger partial charge in [-0.2, -0.15) is 0 Å². The summed E-state index contributed by atoms with van der Waals surface area (Å²) in [5.74, 6) is -0.212. The molecule has 5 heteroatoms. The van der Waals surface area contributed by atoms with Crippen molar-refractivity contribution in [3.05, 3.63) is 21.4 Å². The molecular formula is C13H18N2O2S. The summed E-state index contributed by atoms with van der Waals surface area (Å²) in [4.78, 5) is 25.3. The Morgan fingerprint density at radius 2 is 2.11 bits per heavy atom. The highest BCUT2D eigenvalue weighted by molar-refractivity contribution is 7.14. The first-order valence-corrected chi connectivity index (χ1v) is 7.13. The van der Waals surface area contributed by atoms with Crippen LogP contribution in [-0.4, -0.2) is 11.8 Å². The van der Waals surface area contributed by atoms with Crippen LogP contribution in [0.25, 0.3) is 0 Å². The van der Waals surface area contributed by atoms with Gasteiger partial charge in [0, 0.05) is 10.8 Å². The Bertz CT molecular complexity index is 464. The second-order valence-electron chi connectivity index (χ2n) is 4.64. The van der Waals surface area contributed by atoms with E-state index in [0.29, 0.717) is 4.88 Å². The maximum Gasteiger partial charge on any atom is 0.279 e. The van der Waals surface area contributed by atoms with Crippen molar-refractivity contribution in [2.45, 2.75) is 39.5 Å². The van der Waals surface area contributed by atoms with E-state index in [2.05, 4.69) is 17.8 Å². The van der Waals surface area contributed by atoms with E-state index in [1.54, 1.807) is 0 Å². The van der Waals surface area contributed by atoms with Crippen molar-refractivity contribution in [3.8, 4) is 0 Å². The molecule has 0 aliphatic heterocycles. The van der Waals surface area contributed by atoms with Crippen LogP contribution in [0.15, 0.2) is 6.07 Å². The van der Waals surface area contributed by atoms with E-state index in [9.17, 15) is 9.59 Å². The standard InChI is InChI=1S/C13H18N2O2S/c1-3-10-8(2)7-11(18-10)13(17)15-14-12(16)9-5-4-6-9/h7,9H,3-6H2,1-2H3,(H,14,16)(H,15,17). The second kappa shape index (κ2) is 5.52. The number of amides is 2. The van der Waals surface area contributed by atoms with Gasteiger partial charge in [-0.05, 0) is 37.8 Å². The van der Waals surface area contributed by atoms with Crippen molar-refractivity contribution in [1.82, 2.24) is 10.9 Å². The van der Waals surface area contributed by atoms with Gasteiger partial charge in [-0.3, -0.25) is 20.4 Å². The number of hydrogen-bond donors (Lipinski definition) is 2. The zero-order valence-corrected chi connectivity index (χ0v) is 11.5. The van der Waals surface area contributed by atoms with Crippen LogP contribution < -0.4 is 10.9 Å². The molecule has 0 atom stereocenters. The summed E-state index contributed by atoms with van der Waals surface area (Å²) in [5.41, 5.74) is 6.12. The average Bonchev–Trinajstić information content (AvgIpc) is 2.65. The molecule has 98 valence electrons. The molecule has 1 aliphatic carbocycles. The molecular weight excluding hydrogens is 248 g/mol. The van der Waals surface area contributed by atoms with E-state index >= 15 is 0 Å². The topological polar surface area (TPSA) is 58.2 Å². The van der Waals surface area contributed by atoms with Crippen LogP contribution in [-0.2, 0) is 11.2 Å². The summed E-state index contributed by atoms with van der Waals surface area (Å²) in [7, 11) is 0. The van der Waals surface area contributed by atoms with E-state index < -0.39 is 0 Å². The molecule has 0 radical (unpaired) electrons. The summed E-state index contributed by atoms with van der Waals surface area (Å²) in [6, 6.07) is 1.87. The lowest BCUT2D eigenvalue weighted by molar-refractivity contribution is -0.128. The van der Waals surface area contributed by atoms with Gasteiger partial charge in [0.1, 0.15) is 0 Å². The molecule has 1 aromatic rings. The van der Waals surface area contributed by atoms with Crippen molar-refractivity contribution in [2.24, 2.45) is 5.92 Å². The number of hydrazine groups is 1. The first-order valence-electron chi connectivity index (χ1n) is 6.31. The fourth-order valence-corrected chi connectivity index (χ4v) is 2.94. The molecule has 1 saturated carbocycles. The molecule has 1 fully saturated rings. The van der Waals surface area contributed by atoms with Crippen LogP contribution in [0.5, 0.6) is 0 Å². The lowest BCUT2D eigenvalue weighted by Gasteiger charge is -2.23. The average molecular weight is 266 g/mol. The maximum atomic E-state index is 11.8. The van der Waals surface area contributed by atoms with Gasteiger partial charge in [0.15, 0.2) is 0 Å². The predicted molar refractivity (Wildman–Crippen MR) is 71.4 cm³/mol. The number of thiophene rings is 1. The molecule has 1 aromatic heterocycles. The first kappa shape index (κ1) is 13.1. The van der Waals surface area contributed by atoms with Crippen LogP contribution in [0.4, 0.5) is 0 Å². The number of carbonyl (C=O) groups excluding carboxylic acids is 2. The zero-order chi connectivity index (χ0) is 13.1. The molecule has 0 saturated heterocycles. The minimum atomic E-state index is -0.226. The molecule has 4 nitrogen and oxygen atoms in total. The molecule has 2 amide bonds. The van der Waals surface area contributed by atoms with E-state index in [1.807, 2.05) is 13.0 Å². The highest BCUT2D eigenvalue weighted by Gasteiger charge is 2.25. The summed E-state index contributed by atoms with van der Waals surface area (Å²) in [6.45, 7) is 4.07. The van der Waals surface area contributed by atoms with Crippen molar-refractivity contribution in [1.29, 1.82) is 0 Å². The van der Waals surface area contributed by atoms with Crippen LogP contribution in [0, 0.1) is 12.8 Å². The molecule has 1 heterocycles. The Kier molecular flexibility index (Phi) is 4.01. The highest BCUT2D eigenvalue weighted by Crippen LogP contribution is 2.26. The number of carbonyl (C=O) groups is 2. The molecule has 0 aromatic carbocycles. The molecule has 2 rings (SSSR count). The number of rotatable bonds is 3. The van der Waals surface area contributed by atoms with Crippen molar-refractivity contribution >= 4 is 23.2 Å². The Hall–Kier alpha value is -1.36. The third-order valence-electron chi connectivity index (χ3n) is 3.34. The number of hydrogen-bond acceptors (Lipinski definition) is 3. The van der Waals surface area contributed by atoms with Gasteiger partial charge in [0.25, 0.3) is 5.91 Å². The highest BCUT2D eigenvalue weighted by atomic mass is 32.1. The lowest BCUT2D eigenvalue weighted by Crippen LogP contribution is -2.45. The van der Waals surface area contributed by atoms with E-state index in [0.717, 1.165) is 31.2 Å². The number of nitrogens with one attached hydrogen (secondary N) is 2. The summed E-state index contributed by atoms with van der Waals surface area (Å²) in [6.07, 6.45) is 3.90. The third kappa shape index (κ3) is 2.72. The SMILES string of the molecule is CCc1sc(C(=O)NNC(=O)C2CCC2)cc1C. The third-order valence-corrected chi connectivity index (χ3v) is 4.72. The molecule has 18 heavy (non-hydrogen) atoms. The van der Waals surface area contributed by atoms with E-state index in [4.69, 9.17) is 0 Å². The van der Waals surface area contributed by atoms with Crippen LogP contribution in [0.3, 0.4) is 0 Å². The Labute approximate surface area is 111 Å². The van der Waals surface area contributed by atoms with Gasteiger partial charge in [-0.15, -0.1) is 11.3 Å². The van der Waals surface area contributed by atoms with E-state index in [-0.39, 0.29) is 17.7 Å². The second-order valence-corrected chi connectivity index (χ2v) is 5.78.